The molecule has 1 aromatic carbocycles. The average Bonchev–Trinajstić information content (AvgIpc) is 3.15. The number of benzene rings is 1. The van der Waals surface area contributed by atoms with Gasteiger partial charge in [0.25, 0.3) is 0 Å². The number of nitrogens with one attached hydrogen (secondary N) is 1. The minimum absolute atomic E-state index is 0.455. The number of hydrogen-bond donors (Lipinski definition) is 1. The average molecular weight is 301 g/mol. The second kappa shape index (κ2) is 5.67. The smallest absolute Gasteiger partial charge is 0.177 e. The third-order valence-corrected chi connectivity index (χ3v) is 5.70. The normalized spacial score (nSPS) is 25.6. The van der Waals surface area contributed by atoms with Gasteiger partial charge in [0.1, 0.15) is 0 Å². The number of anilines is 1. The second-order valence-corrected chi connectivity index (χ2v) is 6.93. The molecule has 4 rings (SSSR count). The molecule has 1 saturated carbocycles. The third kappa shape index (κ3) is 2.52. The summed E-state index contributed by atoms with van der Waals surface area (Å²) in [5, 5.41) is 14.6. The summed E-state index contributed by atoms with van der Waals surface area (Å²) in [6.45, 7) is 1.16. The van der Waals surface area contributed by atoms with E-state index in [1.165, 1.54) is 29.2 Å². The van der Waals surface area contributed by atoms with Gasteiger partial charge in [0.15, 0.2) is 5.82 Å². The van der Waals surface area contributed by atoms with Crippen molar-refractivity contribution >= 4 is 17.4 Å². The number of hydrogen-bond acceptors (Lipinski definition) is 5. The van der Waals surface area contributed by atoms with Gasteiger partial charge in [-0.25, -0.2) is 0 Å². The summed E-state index contributed by atoms with van der Waals surface area (Å²) in [4.78, 5) is 4.05. The summed E-state index contributed by atoms with van der Waals surface area (Å²) >= 11 is 1.99. The first-order valence-corrected chi connectivity index (χ1v) is 8.62. The fourth-order valence-electron chi connectivity index (χ4n) is 3.55. The van der Waals surface area contributed by atoms with Gasteiger partial charge in [0, 0.05) is 23.4 Å². The summed E-state index contributed by atoms with van der Waals surface area (Å²) in [7, 11) is 0. The first kappa shape index (κ1) is 13.1. The molecule has 2 aliphatic rings. The van der Waals surface area contributed by atoms with E-state index in [4.69, 9.17) is 0 Å². The molecule has 0 amide bonds. The predicted molar refractivity (Wildman–Crippen MR) is 83.7 cm³/mol. The number of tetrazole rings is 1. The Labute approximate surface area is 128 Å². The zero-order valence-electron chi connectivity index (χ0n) is 11.9. The summed E-state index contributed by atoms with van der Waals surface area (Å²) in [5.74, 6) is 2.56. The Morgan fingerprint density at radius 2 is 2.19 bits per heavy atom. The maximum absolute atomic E-state index is 4.17. The molecule has 1 fully saturated rings. The molecule has 2 heterocycles. The molecular weight excluding hydrogens is 282 g/mol. The first-order chi connectivity index (χ1) is 10.4. The van der Waals surface area contributed by atoms with Crippen LogP contribution < -0.4 is 4.90 Å². The Morgan fingerprint density at radius 1 is 1.24 bits per heavy atom. The van der Waals surface area contributed by atoms with Crippen LogP contribution in [0.4, 0.5) is 5.69 Å². The van der Waals surface area contributed by atoms with E-state index >= 15 is 0 Å². The summed E-state index contributed by atoms with van der Waals surface area (Å²) in [6.07, 6.45) is 4.77. The lowest BCUT2D eigenvalue weighted by atomic mass is 10.1. The largest absolute Gasteiger partial charge is 0.368 e. The maximum atomic E-state index is 4.17. The van der Waals surface area contributed by atoms with Crippen molar-refractivity contribution in [1.29, 1.82) is 0 Å². The second-order valence-electron chi connectivity index (χ2n) is 5.80. The van der Waals surface area contributed by atoms with E-state index in [2.05, 4.69) is 49.8 Å². The SMILES string of the molecule is c1ccc2c(c1)SCCCN2C1CCC(c2nn[nH]n2)C1. The van der Waals surface area contributed by atoms with Crippen molar-refractivity contribution < 1.29 is 0 Å². The zero-order chi connectivity index (χ0) is 14.1. The van der Waals surface area contributed by atoms with Crippen LogP contribution in [-0.4, -0.2) is 39.0 Å². The molecule has 2 unspecified atom stereocenters. The summed E-state index contributed by atoms with van der Waals surface area (Å²) in [6, 6.07) is 9.43. The number of para-hydroxylation sites is 1. The molecule has 1 aliphatic heterocycles. The fourth-order valence-corrected chi connectivity index (χ4v) is 4.55. The van der Waals surface area contributed by atoms with Gasteiger partial charge in [-0.3, -0.25) is 0 Å². The molecule has 2 aromatic rings. The number of nitrogens with zero attached hydrogens (tertiary/aromatic N) is 4. The van der Waals surface area contributed by atoms with E-state index in [0.29, 0.717) is 12.0 Å². The van der Waals surface area contributed by atoms with Crippen LogP contribution in [-0.2, 0) is 0 Å². The topological polar surface area (TPSA) is 57.7 Å². The van der Waals surface area contributed by atoms with Crippen LogP contribution >= 0.6 is 11.8 Å². The Bertz CT molecular complexity index is 600. The van der Waals surface area contributed by atoms with Gasteiger partial charge in [0.05, 0.1) is 5.69 Å². The van der Waals surface area contributed by atoms with Gasteiger partial charge in [-0.05, 0) is 43.6 Å². The maximum Gasteiger partial charge on any atom is 0.177 e. The minimum Gasteiger partial charge on any atom is -0.368 e. The van der Waals surface area contributed by atoms with Crippen molar-refractivity contribution in [3.8, 4) is 0 Å². The Kier molecular flexibility index (Phi) is 3.55. The van der Waals surface area contributed by atoms with Crippen LogP contribution in [0.5, 0.6) is 0 Å². The van der Waals surface area contributed by atoms with Crippen LogP contribution in [0.3, 0.4) is 0 Å². The van der Waals surface area contributed by atoms with Crippen molar-refractivity contribution in [1.82, 2.24) is 20.6 Å². The molecule has 0 radical (unpaired) electrons. The summed E-state index contributed by atoms with van der Waals surface area (Å²) < 4.78 is 0. The predicted octanol–water partition coefficient (Wildman–Crippen LogP) is 2.84. The highest BCUT2D eigenvalue weighted by Gasteiger charge is 2.33. The molecule has 110 valence electrons. The van der Waals surface area contributed by atoms with Crippen LogP contribution in [0.25, 0.3) is 0 Å². The number of rotatable bonds is 2. The molecule has 21 heavy (non-hydrogen) atoms. The molecule has 0 bridgehead atoms. The number of fused-ring (bicyclic) bond motifs is 1. The Morgan fingerprint density at radius 3 is 3.10 bits per heavy atom. The molecule has 0 spiro atoms. The number of aromatic amines is 1. The van der Waals surface area contributed by atoms with Gasteiger partial charge in [0.2, 0.25) is 0 Å². The van der Waals surface area contributed by atoms with Crippen LogP contribution in [0.2, 0.25) is 0 Å². The number of aromatic nitrogens is 4. The minimum atomic E-state index is 0.455. The Balaban J connectivity index is 1.57. The highest BCUT2D eigenvalue weighted by atomic mass is 32.2. The molecule has 5 nitrogen and oxygen atoms in total. The van der Waals surface area contributed by atoms with Crippen LogP contribution in [0.1, 0.15) is 37.4 Å². The van der Waals surface area contributed by atoms with Gasteiger partial charge in [-0.15, -0.1) is 22.0 Å². The molecule has 0 saturated heterocycles. The van der Waals surface area contributed by atoms with Crippen molar-refractivity contribution in [2.45, 2.75) is 42.5 Å². The van der Waals surface area contributed by atoms with Crippen molar-refractivity contribution in [3.63, 3.8) is 0 Å². The fraction of sp³-hybridized carbons (Fsp3) is 0.533. The molecule has 2 atom stereocenters. The zero-order valence-corrected chi connectivity index (χ0v) is 12.7. The highest BCUT2D eigenvalue weighted by Crippen LogP contribution is 2.41. The van der Waals surface area contributed by atoms with Gasteiger partial charge >= 0.3 is 0 Å². The lowest BCUT2D eigenvalue weighted by Crippen LogP contribution is -2.34. The van der Waals surface area contributed by atoms with Gasteiger partial charge in [-0.1, -0.05) is 17.3 Å². The number of H-pyrrole nitrogens is 1. The number of thioether (sulfide) groups is 1. The van der Waals surface area contributed by atoms with Crippen molar-refractivity contribution in [2.75, 3.05) is 17.2 Å². The highest BCUT2D eigenvalue weighted by molar-refractivity contribution is 7.99. The van der Waals surface area contributed by atoms with Crippen molar-refractivity contribution in [3.05, 3.63) is 30.1 Å². The third-order valence-electron chi connectivity index (χ3n) is 4.55. The molecule has 1 aliphatic carbocycles. The Hall–Kier alpha value is -1.56. The van der Waals surface area contributed by atoms with Crippen LogP contribution in [0.15, 0.2) is 29.2 Å². The molecule has 6 heteroatoms. The quantitative estimate of drug-likeness (QED) is 0.924. The lowest BCUT2D eigenvalue weighted by Gasteiger charge is -2.31. The first-order valence-electron chi connectivity index (χ1n) is 7.63. The van der Waals surface area contributed by atoms with Crippen LogP contribution in [0, 0.1) is 0 Å². The van der Waals surface area contributed by atoms with Gasteiger partial charge in [-0.2, -0.15) is 5.21 Å². The molecular formula is C15H19N5S. The van der Waals surface area contributed by atoms with Gasteiger partial charge < -0.3 is 4.90 Å². The van der Waals surface area contributed by atoms with E-state index in [1.54, 1.807) is 0 Å². The van der Waals surface area contributed by atoms with E-state index in [0.717, 1.165) is 25.2 Å². The standard InChI is InChI=1S/C15H19N5S/c1-2-5-14-13(4-1)20(8-3-9-21-14)12-7-6-11(10-12)15-16-18-19-17-15/h1-2,4-5,11-12H,3,6-10H2,(H,16,17,18,19). The molecule has 1 N–H and O–H groups in total. The van der Waals surface area contributed by atoms with Crippen molar-refractivity contribution in [2.24, 2.45) is 0 Å². The van der Waals surface area contributed by atoms with E-state index in [1.807, 2.05) is 11.8 Å². The van der Waals surface area contributed by atoms with E-state index in [-0.39, 0.29) is 0 Å². The van der Waals surface area contributed by atoms with E-state index < -0.39 is 0 Å². The van der Waals surface area contributed by atoms with E-state index in [9.17, 15) is 0 Å². The summed E-state index contributed by atoms with van der Waals surface area (Å²) in [5.41, 5.74) is 1.42. The molecule has 1 aromatic heterocycles. The lowest BCUT2D eigenvalue weighted by molar-refractivity contribution is 0.583. The monoisotopic (exact) mass is 301 g/mol.